The number of benzene rings is 1. The van der Waals surface area contributed by atoms with Crippen LogP contribution >= 0.6 is 11.6 Å². The minimum Gasteiger partial charge on any atom is -0.389 e. The van der Waals surface area contributed by atoms with E-state index in [1.165, 1.54) is 12.8 Å². The number of ether oxygens (including phenoxy) is 1. The quantitative estimate of drug-likeness (QED) is 0.723. The Labute approximate surface area is 123 Å². The van der Waals surface area contributed by atoms with Gasteiger partial charge in [-0.15, -0.1) is 0 Å². The van der Waals surface area contributed by atoms with Gasteiger partial charge in [-0.2, -0.15) is 0 Å². The van der Waals surface area contributed by atoms with Crippen molar-refractivity contribution < 1.29 is 14.6 Å². The summed E-state index contributed by atoms with van der Waals surface area (Å²) in [4.78, 5) is 11.6. The van der Waals surface area contributed by atoms with Crippen molar-refractivity contribution >= 4 is 23.3 Å². The Morgan fingerprint density at radius 2 is 2.30 bits per heavy atom. The van der Waals surface area contributed by atoms with E-state index in [9.17, 15) is 9.90 Å². The Hall–Kier alpha value is -1.30. The van der Waals surface area contributed by atoms with Crippen molar-refractivity contribution in [1.82, 2.24) is 5.32 Å². The molecule has 2 amide bonds. The van der Waals surface area contributed by atoms with E-state index in [0.717, 1.165) is 0 Å². The van der Waals surface area contributed by atoms with Crippen molar-refractivity contribution in [3.05, 3.63) is 29.3 Å². The maximum Gasteiger partial charge on any atom is 0.319 e. The number of nitrogens with one attached hydrogen (secondary N) is 2. The standard InChI is InChI=1S/C14H19ClN2O3/c15-11-2-1-3-12(6-11)17-14(19)16-7-13(18)9-20-8-10-4-5-10/h1-3,6,10,13,18H,4-5,7-9H2,(H2,16,17,19)/t13-/m0/s1. The number of hydrogen-bond acceptors (Lipinski definition) is 3. The molecule has 6 heteroatoms. The van der Waals surface area contributed by atoms with E-state index in [-0.39, 0.29) is 19.2 Å². The Balaban J connectivity index is 1.61. The first-order chi connectivity index (χ1) is 9.63. The third-order valence-corrected chi connectivity index (χ3v) is 3.18. The molecular formula is C14H19ClN2O3. The molecule has 0 unspecified atom stereocenters. The monoisotopic (exact) mass is 298 g/mol. The van der Waals surface area contributed by atoms with Gasteiger partial charge >= 0.3 is 6.03 Å². The van der Waals surface area contributed by atoms with E-state index < -0.39 is 6.10 Å². The molecule has 1 aliphatic rings. The van der Waals surface area contributed by atoms with Crippen LogP contribution in [0.15, 0.2) is 24.3 Å². The highest BCUT2D eigenvalue weighted by molar-refractivity contribution is 6.30. The van der Waals surface area contributed by atoms with Gasteiger partial charge in [-0.3, -0.25) is 0 Å². The van der Waals surface area contributed by atoms with E-state index in [1.54, 1.807) is 24.3 Å². The Kier molecular flexibility index (Phi) is 5.64. The van der Waals surface area contributed by atoms with Crippen LogP contribution in [0.4, 0.5) is 10.5 Å². The van der Waals surface area contributed by atoms with Crippen molar-refractivity contribution in [2.45, 2.75) is 18.9 Å². The molecule has 1 aromatic rings. The summed E-state index contributed by atoms with van der Waals surface area (Å²) in [6, 6.07) is 6.48. The lowest BCUT2D eigenvalue weighted by molar-refractivity contribution is 0.0339. The predicted molar refractivity (Wildman–Crippen MR) is 78.0 cm³/mol. The molecule has 0 heterocycles. The van der Waals surface area contributed by atoms with E-state index in [1.807, 2.05) is 0 Å². The summed E-state index contributed by atoms with van der Waals surface area (Å²) in [5.41, 5.74) is 0.606. The van der Waals surface area contributed by atoms with Crippen molar-refractivity contribution in [2.24, 2.45) is 5.92 Å². The third-order valence-electron chi connectivity index (χ3n) is 2.94. The highest BCUT2D eigenvalue weighted by Gasteiger charge is 2.21. The lowest BCUT2D eigenvalue weighted by atomic mass is 10.3. The van der Waals surface area contributed by atoms with Gasteiger partial charge in [0.1, 0.15) is 0 Å². The van der Waals surface area contributed by atoms with Gasteiger partial charge < -0.3 is 20.5 Å². The van der Waals surface area contributed by atoms with Gasteiger partial charge in [-0.05, 0) is 37.0 Å². The molecule has 0 bridgehead atoms. The molecule has 0 spiro atoms. The number of aliphatic hydroxyl groups is 1. The SMILES string of the molecule is O=C(NC[C@H](O)COCC1CC1)Nc1cccc(Cl)c1. The molecule has 0 saturated heterocycles. The topological polar surface area (TPSA) is 70.6 Å². The summed E-state index contributed by atoms with van der Waals surface area (Å²) < 4.78 is 5.35. The first kappa shape index (κ1) is 15.1. The van der Waals surface area contributed by atoms with E-state index in [2.05, 4.69) is 10.6 Å². The fourth-order valence-electron chi connectivity index (χ4n) is 1.67. The van der Waals surface area contributed by atoms with Gasteiger partial charge in [0.25, 0.3) is 0 Å². The number of rotatable bonds is 7. The summed E-state index contributed by atoms with van der Waals surface area (Å²) in [7, 11) is 0. The minimum absolute atomic E-state index is 0.150. The molecule has 3 N–H and O–H groups in total. The second-order valence-corrected chi connectivity index (χ2v) is 5.42. The molecule has 1 atom stereocenters. The molecule has 2 rings (SSSR count). The van der Waals surface area contributed by atoms with E-state index in [4.69, 9.17) is 16.3 Å². The number of amides is 2. The number of anilines is 1. The fourth-order valence-corrected chi connectivity index (χ4v) is 1.86. The number of aliphatic hydroxyl groups excluding tert-OH is 1. The number of hydrogen-bond donors (Lipinski definition) is 3. The second-order valence-electron chi connectivity index (χ2n) is 4.98. The molecule has 1 aliphatic carbocycles. The third kappa shape index (κ3) is 5.77. The molecule has 0 aromatic heterocycles. The Morgan fingerprint density at radius 1 is 1.50 bits per heavy atom. The number of carbonyl (C=O) groups excluding carboxylic acids is 1. The maximum absolute atomic E-state index is 11.6. The largest absolute Gasteiger partial charge is 0.389 e. The lowest BCUT2D eigenvalue weighted by Crippen LogP contribution is -2.37. The van der Waals surface area contributed by atoms with Crippen molar-refractivity contribution in [3.63, 3.8) is 0 Å². The van der Waals surface area contributed by atoms with Crippen LogP contribution in [0.5, 0.6) is 0 Å². The predicted octanol–water partition coefficient (Wildman–Crippen LogP) is 2.25. The second kappa shape index (κ2) is 7.47. The zero-order valence-electron chi connectivity index (χ0n) is 11.1. The zero-order chi connectivity index (χ0) is 14.4. The van der Waals surface area contributed by atoms with Gasteiger partial charge in [-0.25, -0.2) is 4.79 Å². The smallest absolute Gasteiger partial charge is 0.319 e. The van der Waals surface area contributed by atoms with Gasteiger partial charge in [0, 0.05) is 23.9 Å². The molecular weight excluding hydrogens is 280 g/mol. The van der Waals surface area contributed by atoms with Gasteiger partial charge in [0.2, 0.25) is 0 Å². The lowest BCUT2D eigenvalue weighted by Gasteiger charge is -2.13. The molecule has 5 nitrogen and oxygen atoms in total. The van der Waals surface area contributed by atoms with Crippen LogP contribution in [0.1, 0.15) is 12.8 Å². The summed E-state index contributed by atoms with van der Waals surface area (Å²) in [6.45, 7) is 1.09. The summed E-state index contributed by atoms with van der Waals surface area (Å²) >= 11 is 5.82. The average Bonchev–Trinajstić information content (AvgIpc) is 3.20. The molecule has 1 fully saturated rings. The summed E-state index contributed by atoms with van der Waals surface area (Å²) in [5, 5.41) is 15.4. The molecule has 0 aliphatic heterocycles. The highest BCUT2D eigenvalue weighted by Crippen LogP contribution is 2.28. The van der Waals surface area contributed by atoms with Gasteiger partial charge in [0.05, 0.1) is 12.7 Å². The maximum atomic E-state index is 11.6. The Morgan fingerprint density at radius 3 is 3.00 bits per heavy atom. The number of urea groups is 1. The molecule has 1 aromatic carbocycles. The van der Waals surface area contributed by atoms with E-state index >= 15 is 0 Å². The van der Waals surface area contributed by atoms with Crippen molar-refractivity contribution in [1.29, 1.82) is 0 Å². The number of carbonyl (C=O) groups is 1. The average molecular weight is 299 g/mol. The first-order valence-corrected chi connectivity index (χ1v) is 7.07. The summed E-state index contributed by atoms with van der Waals surface area (Å²) in [5.74, 6) is 0.668. The van der Waals surface area contributed by atoms with Crippen LogP contribution in [0.25, 0.3) is 0 Å². The first-order valence-electron chi connectivity index (χ1n) is 6.69. The minimum atomic E-state index is -0.695. The van der Waals surface area contributed by atoms with Crippen LogP contribution < -0.4 is 10.6 Å². The van der Waals surface area contributed by atoms with Crippen molar-refractivity contribution in [3.8, 4) is 0 Å². The zero-order valence-corrected chi connectivity index (χ0v) is 11.9. The van der Waals surface area contributed by atoms with Crippen LogP contribution in [0.2, 0.25) is 5.02 Å². The van der Waals surface area contributed by atoms with Crippen LogP contribution in [0, 0.1) is 5.92 Å². The van der Waals surface area contributed by atoms with Crippen LogP contribution in [-0.2, 0) is 4.74 Å². The molecule has 110 valence electrons. The fraction of sp³-hybridized carbons (Fsp3) is 0.500. The van der Waals surface area contributed by atoms with Gasteiger partial charge in [0.15, 0.2) is 0 Å². The van der Waals surface area contributed by atoms with E-state index in [0.29, 0.717) is 23.2 Å². The summed E-state index contributed by atoms with van der Waals surface area (Å²) in [6.07, 6.45) is 1.74. The molecule has 20 heavy (non-hydrogen) atoms. The van der Waals surface area contributed by atoms with Crippen LogP contribution in [0.3, 0.4) is 0 Å². The highest BCUT2D eigenvalue weighted by atomic mass is 35.5. The normalized spacial score (nSPS) is 15.7. The molecule has 1 saturated carbocycles. The van der Waals surface area contributed by atoms with Crippen LogP contribution in [-0.4, -0.2) is 37.0 Å². The van der Waals surface area contributed by atoms with Crippen molar-refractivity contribution in [2.75, 3.05) is 25.1 Å². The number of halogens is 1. The van der Waals surface area contributed by atoms with Gasteiger partial charge in [-0.1, -0.05) is 17.7 Å². The molecule has 0 radical (unpaired) electrons. The Bertz CT molecular complexity index is 452.